The Kier molecular flexibility index (Phi) is 5.65. The van der Waals surface area contributed by atoms with E-state index in [-0.39, 0.29) is 23.3 Å². The minimum absolute atomic E-state index is 0.0186. The molecule has 1 saturated carbocycles. The number of fused-ring (bicyclic) bond motifs is 1. The number of carbonyl (C=O) groups excluding carboxylic acids is 1. The van der Waals surface area contributed by atoms with E-state index in [2.05, 4.69) is 9.88 Å². The lowest BCUT2D eigenvalue weighted by Gasteiger charge is -2.32. The molecule has 2 atom stereocenters. The molecule has 2 aromatic rings. The van der Waals surface area contributed by atoms with Crippen LogP contribution in [0.1, 0.15) is 73.5 Å². The molecular weight excluding hydrogens is 388 g/mol. The van der Waals surface area contributed by atoms with E-state index in [1.54, 1.807) is 0 Å². The summed E-state index contributed by atoms with van der Waals surface area (Å²) in [7, 11) is 0. The van der Waals surface area contributed by atoms with Gasteiger partial charge in [-0.1, -0.05) is 43.2 Å². The molecule has 1 amide bonds. The van der Waals surface area contributed by atoms with Gasteiger partial charge >= 0.3 is 0 Å². The number of likely N-dealkylation sites (tertiary alicyclic amines) is 1. The van der Waals surface area contributed by atoms with Crippen LogP contribution in [0.15, 0.2) is 35.1 Å². The first-order chi connectivity index (χ1) is 15.1. The number of hydrogen-bond acceptors (Lipinski definition) is 4. The van der Waals surface area contributed by atoms with Crippen molar-refractivity contribution < 1.29 is 4.79 Å². The van der Waals surface area contributed by atoms with E-state index >= 15 is 0 Å². The summed E-state index contributed by atoms with van der Waals surface area (Å²) in [6, 6.07) is 10.6. The molecule has 0 unspecified atom stereocenters. The van der Waals surface area contributed by atoms with Gasteiger partial charge in [0.15, 0.2) is 0 Å². The lowest BCUT2D eigenvalue weighted by Crippen LogP contribution is -2.41. The largest absolute Gasteiger partial charge is 0.341 e. The summed E-state index contributed by atoms with van der Waals surface area (Å²) in [5.74, 6) is 0.872. The fourth-order valence-electron chi connectivity index (χ4n) is 5.58. The summed E-state index contributed by atoms with van der Waals surface area (Å²) >= 11 is 0. The molecule has 2 aliphatic heterocycles. The molecule has 6 heteroatoms. The number of H-pyrrole nitrogens is 1. The average Bonchev–Trinajstić information content (AvgIpc) is 3.51. The first-order valence-electron chi connectivity index (χ1n) is 11.8. The zero-order valence-electron chi connectivity index (χ0n) is 18.3. The van der Waals surface area contributed by atoms with E-state index in [9.17, 15) is 9.59 Å². The number of hydrogen-bond donors (Lipinski definition) is 1. The number of amides is 1. The van der Waals surface area contributed by atoms with Crippen molar-refractivity contribution in [3.8, 4) is 0 Å². The van der Waals surface area contributed by atoms with E-state index in [0.29, 0.717) is 12.6 Å². The van der Waals surface area contributed by atoms with Crippen LogP contribution < -0.4 is 5.56 Å². The van der Waals surface area contributed by atoms with E-state index in [1.807, 2.05) is 42.2 Å². The number of rotatable bonds is 4. The van der Waals surface area contributed by atoms with Gasteiger partial charge in [0.25, 0.3) is 5.56 Å². The monoisotopic (exact) mass is 420 g/mol. The van der Waals surface area contributed by atoms with E-state index < -0.39 is 0 Å². The maximum Gasteiger partial charge on any atom is 0.255 e. The zero-order valence-corrected chi connectivity index (χ0v) is 18.3. The molecule has 164 valence electrons. The standard InChI is InChI=1S/C25H32N4O2/c1-17(18-7-3-2-4-8-18)25(31)29-13-11-19(15-29)23-26-22-12-14-28(20-9-5-6-10-20)16-21(22)24(30)27-23/h2-4,7-8,17,19-20H,5-6,9-16H2,1H3,(H,26,27,30)/t17-,19-/m0/s1. The van der Waals surface area contributed by atoms with Crippen molar-refractivity contribution in [1.29, 1.82) is 0 Å². The number of aromatic amines is 1. The van der Waals surface area contributed by atoms with Crippen LogP contribution >= 0.6 is 0 Å². The molecule has 1 aromatic carbocycles. The Bertz CT molecular complexity index is 996. The lowest BCUT2D eigenvalue weighted by molar-refractivity contribution is -0.131. The quantitative estimate of drug-likeness (QED) is 0.825. The molecule has 5 rings (SSSR count). The summed E-state index contributed by atoms with van der Waals surface area (Å²) in [4.78, 5) is 38.3. The van der Waals surface area contributed by atoms with Crippen LogP contribution in [-0.4, -0.2) is 51.4 Å². The molecule has 1 aromatic heterocycles. The van der Waals surface area contributed by atoms with Crippen molar-refractivity contribution >= 4 is 5.91 Å². The van der Waals surface area contributed by atoms with E-state index in [1.165, 1.54) is 25.7 Å². The van der Waals surface area contributed by atoms with Gasteiger partial charge in [0.05, 0.1) is 17.2 Å². The van der Waals surface area contributed by atoms with Crippen LogP contribution in [0.2, 0.25) is 0 Å². The van der Waals surface area contributed by atoms with Gasteiger partial charge in [0.2, 0.25) is 5.91 Å². The normalized spacial score (nSPS) is 23.1. The minimum Gasteiger partial charge on any atom is -0.341 e. The molecule has 1 aliphatic carbocycles. The van der Waals surface area contributed by atoms with Gasteiger partial charge in [-0.25, -0.2) is 4.98 Å². The molecule has 0 bridgehead atoms. The number of aromatic nitrogens is 2. The van der Waals surface area contributed by atoms with E-state index in [0.717, 1.165) is 55.1 Å². The molecule has 31 heavy (non-hydrogen) atoms. The van der Waals surface area contributed by atoms with Crippen LogP contribution in [0.3, 0.4) is 0 Å². The maximum absolute atomic E-state index is 13.0. The Hall–Kier alpha value is -2.47. The summed E-state index contributed by atoms with van der Waals surface area (Å²) in [6.45, 7) is 5.05. The summed E-state index contributed by atoms with van der Waals surface area (Å²) < 4.78 is 0. The topological polar surface area (TPSA) is 69.3 Å². The fraction of sp³-hybridized carbons (Fsp3) is 0.560. The van der Waals surface area contributed by atoms with Crippen LogP contribution in [-0.2, 0) is 17.8 Å². The predicted octanol–water partition coefficient (Wildman–Crippen LogP) is 3.19. The van der Waals surface area contributed by atoms with Crippen molar-refractivity contribution in [2.24, 2.45) is 0 Å². The number of nitrogens with one attached hydrogen (secondary N) is 1. The molecule has 3 aliphatic rings. The van der Waals surface area contributed by atoms with Crippen LogP contribution in [0.25, 0.3) is 0 Å². The predicted molar refractivity (Wildman–Crippen MR) is 120 cm³/mol. The molecular formula is C25H32N4O2. The van der Waals surface area contributed by atoms with Crippen molar-refractivity contribution in [1.82, 2.24) is 19.8 Å². The smallest absolute Gasteiger partial charge is 0.255 e. The maximum atomic E-state index is 13.0. The number of nitrogens with zero attached hydrogens (tertiary/aromatic N) is 3. The van der Waals surface area contributed by atoms with Crippen LogP contribution in [0.5, 0.6) is 0 Å². The molecule has 6 nitrogen and oxygen atoms in total. The minimum atomic E-state index is -0.155. The number of benzene rings is 1. The second-order valence-corrected chi connectivity index (χ2v) is 9.44. The average molecular weight is 421 g/mol. The first-order valence-corrected chi connectivity index (χ1v) is 11.8. The van der Waals surface area contributed by atoms with Crippen molar-refractivity contribution in [2.75, 3.05) is 19.6 Å². The Balaban J connectivity index is 1.28. The Labute approximate surface area is 183 Å². The molecule has 1 saturated heterocycles. The number of carbonyl (C=O) groups is 1. The second kappa shape index (κ2) is 8.58. The highest BCUT2D eigenvalue weighted by Gasteiger charge is 2.33. The fourth-order valence-corrected chi connectivity index (χ4v) is 5.58. The van der Waals surface area contributed by atoms with E-state index in [4.69, 9.17) is 4.98 Å². The third kappa shape index (κ3) is 4.05. The van der Waals surface area contributed by atoms with Gasteiger partial charge in [-0.15, -0.1) is 0 Å². The molecule has 2 fully saturated rings. The van der Waals surface area contributed by atoms with Gasteiger partial charge in [-0.05, 0) is 31.7 Å². The Morgan fingerprint density at radius 3 is 2.68 bits per heavy atom. The first kappa shape index (κ1) is 20.4. The molecule has 0 radical (unpaired) electrons. The van der Waals surface area contributed by atoms with Gasteiger partial charge in [0.1, 0.15) is 5.82 Å². The highest BCUT2D eigenvalue weighted by atomic mass is 16.2. The second-order valence-electron chi connectivity index (χ2n) is 9.44. The third-order valence-corrected chi connectivity index (χ3v) is 7.51. The van der Waals surface area contributed by atoms with Crippen LogP contribution in [0, 0.1) is 0 Å². The Morgan fingerprint density at radius 1 is 1.13 bits per heavy atom. The zero-order chi connectivity index (χ0) is 21.4. The molecule has 3 heterocycles. The van der Waals surface area contributed by atoms with Crippen molar-refractivity contribution in [3.63, 3.8) is 0 Å². The SMILES string of the molecule is C[C@H](C(=O)N1CC[C@H](c2nc3c(c(=O)[nH]2)CN(C2CCCC2)CC3)C1)c1ccccc1. The highest BCUT2D eigenvalue weighted by Crippen LogP contribution is 2.30. The summed E-state index contributed by atoms with van der Waals surface area (Å²) in [5.41, 5.74) is 2.88. The molecule has 0 spiro atoms. The lowest BCUT2D eigenvalue weighted by atomic mass is 10.00. The van der Waals surface area contributed by atoms with Crippen molar-refractivity contribution in [2.45, 2.75) is 69.9 Å². The summed E-state index contributed by atoms with van der Waals surface area (Å²) in [6.07, 6.45) is 6.83. The van der Waals surface area contributed by atoms with Gasteiger partial charge in [0, 0.05) is 44.6 Å². The highest BCUT2D eigenvalue weighted by molar-refractivity contribution is 5.83. The summed E-state index contributed by atoms with van der Waals surface area (Å²) in [5, 5.41) is 0. The molecule has 1 N–H and O–H groups in total. The van der Waals surface area contributed by atoms with Crippen molar-refractivity contribution in [3.05, 3.63) is 63.3 Å². The third-order valence-electron chi connectivity index (χ3n) is 7.51. The van der Waals surface area contributed by atoms with Crippen LogP contribution in [0.4, 0.5) is 0 Å². The Morgan fingerprint density at radius 2 is 1.90 bits per heavy atom. The van der Waals surface area contributed by atoms with Gasteiger partial charge < -0.3 is 9.88 Å². The van der Waals surface area contributed by atoms with Gasteiger partial charge in [-0.2, -0.15) is 0 Å². The van der Waals surface area contributed by atoms with Gasteiger partial charge in [-0.3, -0.25) is 14.5 Å².